The maximum atomic E-state index is 13.2. The molecule has 1 aliphatic rings. The zero-order valence-electron chi connectivity index (χ0n) is 22.4. The van der Waals surface area contributed by atoms with Crippen molar-refractivity contribution in [1.29, 1.82) is 0 Å². The molecule has 0 radical (unpaired) electrons. The number of hydrogen-bond donors (Lipinski definition) is 1. The Bertz CT molecular complexity index is 1440. The first-order valence-electron chi connectivity index (χ1n) is 13.2. The van der Waals surface area contributed by atoms with Crippen LogP contribution in [-0.2, 0) is 6.42 Å². The average Bonchev–Trinajstić information content (AvgIpc) is 3.52. The fourth-order valence-corrected chi connectivity index (χ4v) is 5.09. The van der Waals surface area contributed by atoms with Crippen LogP contribution in [0.2, 0.25) is 0 Å². The summed E-state index contributed by atoms with van der Waals surface area (Å²) in [7, 11) is 1.63. The molecule has 0 atom stereocenters. The minimum Gasteiger partial charge on any atom is -0.496 e. The second-order valence-electron chi connectivity index (χ2n) is 9.66. The molecule has 4 aromatic rings. The Morgan fingerprint density at radius 2 is 1.59 bits per heavy atom. The lowest BCUT2D eigenvalue weighted by Crippen LogP contribution is -2.47. The van der Waals surface area contributed by atoms with Crippen LogP contribution in [0.3, 0.4) is 0 Å². The summed E-state index contributed by atoms with van der Waals surface area (Å²) < 4.78 is 10.7. The monoisotopic (exact) mass is 523 g/mol. The van der Waals surface area contributed by atoms with Gasteiger partial charge in [-0.25, -0.2) is 0 Å². The molecule has 0 spiro atoms. The molecule has 0 bridgehead atoms. The van der Waals surface area contributed by atoms with Crippen molar-refractivity contribution in [2.45, 2.75) is 19.8 Å². The lowest BCUT2D eigenvalue weighted by atomic mass is 10.0. The number of carbonyl (C=O) groups excluding carboxylic acids is 2. The first kappa shape index (κ1) is 26.1. The molecule has 1 aromatic heterocycles. The third-order valence-corrected chi connectivity index (χ3v) is 7.20. The molecule has 1 fully saturated rings. The minimum absolute atomic E-state index is 0.00493. The first-order chi connectivity index (χ1) is 19.0. The number of hydrogen-bond acceptors (Lipinski definition) is 6. The quantitative estimate of drug-likeness (QED) is 0.272. The molecule has 7 nitrogen and oxygen atoms in total. The Morgan fingerprint density at radius 3 is 2.31 bits per heavy atom. The predicted octanol–water partition coefficient (Wildman–Crippen LogP) is 5.99. The van der Waals surface area contributed by atoms with E-state index in [4.69, 9.17) is 9.15 Å². The molecule has 200 valence electrons. The van der Waals surface area contributed by atoms with E-state index in [1.165, 1.54) is 17.5 Å². The maximum absolute atomic E-state index is 13.2. The molecule has 7 heteroatoms. The molecule has 2 heterocycles. The molecule has 5 rings (SSSR count). The highest BCUT2D eigenvalue weighted by Gasteiger charge is 2.23. The van der Waals surface area contributed by atoms with Gasteiger partial charge in [0.15, 0.2) is 11.5 Å². The van der Waals surface area contributed by atoms with Gasteiger partial charge in [0, 0.05) is 43.9 Å². The van der Waals surface area contributed by atoms with Crippen molar-refractivity contribution >= 4 is 28.8 Å². The number of nitrogens with zero attached hydrogens (tertiary/aromatic N) is 2. The smallest absolute Gasteiger partial charge is 0.291 e. The number of carbonyl (C=O) groups is 2. The number of benzene rings is 3. The van der Waals surface area contributed by atoms with Gasteiger partial charge in [0.2, 0.25) is 0 Å². The molecule has 3 aromatic carbocycles. The molecular weight excluding hydrogens is 490 g/mol. The van der Waals surface area contributed by atoms with Crippen molar-refractivity contribution in [2.24, 2.45) is 0 Å². The van der Waals surface area contributed by atoms with Gasteiger partial charge in [-0.3, -0.25) is 9.59 Å². The normalized spacial score (nSPS) is 13.3. The van der Waals surface area contributed by atoms with Crippen molar-refractivity contribution < 1.29 is 18.7 Å². The van der Waals surface area contributed by atoms with Gasteiger partial charge >= 0.3 is 0 Å². The molecule has 39 heavy (non-hydrogen) atoms. The van der Waals surface area contributed by atoms with E-state index in [0.29, 0.717) is 24.1 Å². The van der Waals surface area contributed by atoms with Crippen molar-refractivity contribution in [3.8, 4) is 5.75 Å². The van der Waals surface area contributed by atoms with E-state index >= 15 is 0 Å². The summed E-state index contributed by atoms with van der Waals surface area (Å²) in [4.78, 5) is 30.8. The standard InChI is InChI=1S/C32H33N3O4/c1-23-8-3-5-10-27(23)34-17-19-35(20-18-34)28-15-13-25(22-26(28)33-32(37)31-12-7-21-39-31)29(36)16-14-24-9-4-6-11-30(24)38-2/h3-13,15,21-22H,14,16-20H2,1-2H3,(H,33,37). The zero-order valence-corrected chi connectivity index (χ0v) is 22.4. The van der Waals surface area contributed by atoms with Gasteiger partial charge in [-0.15, -0.1) is 0 Å². The number of rotatable bonds is 9. The molecule has 0 unspecified atom stereocenters. The van der Waals surface area contributed by atoms with Gasteiger partial charge in [-0.1, -0.05) is 36.4 Å². The van der Waals surface area contributed by atoms with Crippen molar-refractivity contribution in [3.05, 3.63) is 108 Å². The van der Waals surface area contributed by atoms with Crippen LogP contribution < -0.4 is 19.9 Å². The third kappa shape index (κ3) is 5.98. The summed E-state index contributed by atoms with van der Waals surface area (Å²) in [5.74, 6) is 0.652. The maximum Gasteiger partial charge on any atom is 0.291 e. The molecule has 1 amide bonds. The van der Waals surface area contributed by atoms with Crippen LogP contribution in [-0.4, -0.2) is 45.0 Å². The number of nitrogens with one attached hydrogen (secondary N) is 1. The number of amides is 1. The molecule has 0 aliphatic carbocycles. The molecule has 1 aliphatic heterocycles. The number of para-hydroxylation sites is 2. The van der Waals surface area contributed by atoms with Gasteiger partial charge in [-0.2, -0.15) is 0 Å². The van der Waals surface area contributed by atoms with Gasteiger partial charge in [0.05, 0.1) is 24.7 Å². The SMILES string of the molecule is COc1ccccc1CCC(=O)c1ccc(N2CCN(c3ccccc3C)CC2)c(NC(=O)c2ccco2)c1. The van der Waals surface area contributed by atoms with Crippen LogP contribution in [0.25, 0.3) is 0 Å². The number of ether oxygens (including phenoxy) is 1. The van der Waals surface area contributed by atoms with Gasteiger partial charge < -0.3 is 24.3 Å². The molecular formula is C32H33N3O4. The number of Topliss-reactive ketones (excluding diaryl/α,β-unsaturated/α-hetero) is 1. The van der Waals surface area contributed by atoms with Gasteiger partial charge in [0.1, 0.15) is 5.75 Å². The highest BCUT2D eigenvalue weighted by molar-refractivity contribution is 6.06. The first-order valence-corrected chi connectivity index (χ1v) is 13.2. The number of aryl methyl sites for hydroxylation is 2. The van der Waals surface area contributed by atoms with Crippen LogP contribution >= 0.6 is 0 Å². The lowest BCUT2D eigenvalue weighted by Gasteiger charge is -2.38. The van der Waals surface area contributed by atoms with E-state index < -0.39 is 0 Å². The summed E-state index contributed by atoms with van der Waals surface area (Å²) >= 11 is 0. The number of piperazine rings is 1. The highest BCUT2D eigenvalue weighted by atomic mass is 16.5. The van der Waals surface area contributed by atoms with Crippen molar-refractivity contribution in [2.75, 3.05) is 48.4 Å². The summed E-state index contributed by atoms with van der Waals surface area (Å²) in [6, 6.07) is 25.0. The fraction of sp³-hybridized carbons (Fsp3) is 0.250. The van der Waals surface area contributed by atoms with Crippen LogP contribution in [0.5, 0.6) is 5.75 Å². The van der Waals surface area contributed by atoms with Crippen LogP contribution in [0.4, 0.5) is 17.1 Å². The number of furan rings is 1. The van der Waals surface area contributed by atoms with Crippen LogP contribution in [0, 0.1) is 6.92 Å². The van der Waals surface area contributed by atoms with Gasteiger partial charge in [0.25, 0.3) is 5.91 Å². The Morgan fingerprint density at radius 1 is 0.872 bits per heavy atom. The lowest BCUT2D eigenvalue weighted by molar-refractivity contribution is 0.0977. The number of ketones is 1. The van der Waals surface area contributed by atoms with E-state index in [1.54, 1.807) is 25.3 Å². The van der Waals surface area contributed by atoms with E-state index in [2.05, 4.69) is 46.3 Å². The fourth-order valence-electron chi connectivity index (χ4n) is 5.09. The Labute approximate surface area is 229 Å². The average molecular weight is 524 g/mol. The van der Waals surface area contributed by atoms with Crippen LogP contribution in [0.15, 0.2) is 89.5 Å². The predicted molar refractivity (Wildman–Crippen MR) is 154 cm³/mol. The zero-order chi connectivity index (χ0) is 27.2. The molecule has 0 saturated carbocycles. The van der Waals surface area contributed by atoms with E-state index in [-0.39, 0.29) is 17.5 Å². The van der Waals surface area contributed by atoms with Gasteiger partial charge in [-0.05, 0) is 66.9 Å². The minimum atomic E-state index is -0.349. The second-order valence-corrected chi connectivity index (χ2v) is 9.66. The number of methoxy groups -OCH3 is 1. The van der Waals surface area contributed by atoms with E-state index in [0.717, 1.165) is 43.2 Å². The van der Waals surface area contributed by atoms with E-state index in [9.17, 15) is 9.59 Å². The topological polar surface area (TPSA) is 75.0 Å². The molecule has 1 saturated heterocycles. The van der Waals surface area contributed by atoms with Crippen molar-refractivity contribution in [3.63, 3.8) is 0 Å². The van der Waals surface area contributed by atoms with Crippen LogP contribution in [0.1, 0.15) is 38.5 Å². The Kier molecular flexibility index (Phi) is 7.96. The number of anilines is 3. The summed E-state index contributed by atoms with van der Waals surface area (Å²) in [6.07, 6.45) is 2.37. The summed E-state index contributed by atoms with van der Waals surface area (Å²) in [5, 5.41) is 2.99. The Hall–Kier alpha value is -4.52. The largest absolute Gasteiger partial charge is 0.496 e. The Balaban J connectivity index is 1.35. The summed E-state index contributed by atoms with van der Waals surface area (Å²) in [6.45, 7) is 5.43. The van der Waals surface area contributed by atoms with E-state index in [1.807, 2.05) is 36.4 Å². The second kappa shape index (κ2) is 11.9. The van der Waals surface area contributed by atoms with Crippen molar-refractivity contribution in [1.82, 2.24) is 0 Å². The highest BCUT2D eigenvalue weighted by Crippen LogP contribution is 2.31. The molecule has 1 N–H and O–H groups in total. The summed E-state index contributed by atoms with van der Waals surface area (Å²) in [5.41, 5.74) is 5.54. The third-order valence-electron chi connectivity index (χ3n) is 7.20.